The van der Waals surface area contributed by atoms with E-state index in [1.165, 1.54) is 37.3 Å². The number of aromatic nitrogens is 1. The maximum atomic E-state index is 12.7. The lowest BCUT2D eigenvalue weighted by molar-refractivity contribution is 0.101. The Morgan fingerprint density at radius 1 is 1.06 bits per heavy atom. The molecule has 92 valence electrons. The van der Waals surface area contributed by atoms with Crippen LogP contribution in [0, 0.1) is 5.82 Å². The molecule has 0 radical (unpaired) electrons. The quantitative estimate of drug-likeness (QED) is 0.818. The molecule has 2 aromatic rings. The molecule has 0 saturated carbocycles. The first-order valence-corrected chi connectivity index (χ1v) is 5.33. The molecule has 1 heterocycles. The standard InChI is InChI=1S/C13H11FN2O2/c1-8(17)11-6-7-12(16-11)13(18)15-10-4-2-9(14)3-5-10/h2-7,16H,1H3,(H,15,18). The van der Waals surface area contributed by atoms with Gasteiger partial charge in [0.25, 0.3) is 5.91 Å². The molecule has 0 spiro atoms. The van der Waals surface area contributed by atoms with Gasteiger partial charge in [-0.1, -0.05) is 0 Å². The highest BCUT2D eigenvalue weighted by atomic mass is 19.1. The summed E-state index contributed by atoms with van der Waals surface area (Å²) in [5.74, 6) is -0.892. The van der Waals surface area contributed by atoms with Crippen molar-refractivity contribution in [2.24, 2.45) is 0 Å². The fourth-order valence-corrected chi connectivity index (χ4v) is 1.46. The Bertz CT molecular complexity index is 587. The summed E-state index contributed by atoms with van der Waals surface area (Å²) in [6, 6.07) is 8.50. The highest BCUT2D eigenvalue weighted by molar-refractivity contribution is 6.04. The molecule has 0 aliphatic heterocycles. The molecule has 18 heavy (non-hydrogen) atoms. The average Bonchev–Trinajstić information content (AvgIpc) is 2.81. The van der Waals surface area contributed by atoms with Crippen LogP contribution in [0.3, 0.4) is 0 Å². The van der Waals surface area contributed by atoms with E-state index in [2.05, 4.69) is 10.3 Å². The van der Waals surface area contributed by atoms with E-state index in [0.29, 0.717) is 11.4 Å². The van der Waals surface area contributed by atoms with Gasteiger partial charge in [-0.3, -0.25) is 9.59 Å². The number of H-pyrrole nitrogens is 1. The van der Waals surface area contributed by atoms with Crippen molar-refractivity contribution in [3.63, 3.8) is 0 Å². The predicted octanol–water partition coefficient (Wildman–Crippen LogP) is 2.61. The average molecular weight is 246 g/mol. The monoisotopic (exact) mass is 246 g/mol. The van der Waals surface area contributed by atoms with Crippen LogP contribution in [0.15, 0.2) is 36.4 Å². The lowest BCUT2D eigenvalue weighted by Crippen LogP contribution is -2.12. The van der Waals surface area contributed by atoms with Crippen molar-refractivity contribution < 1.29 is 14.0 Å². The molecule has 4 nitrogen and oxygen atoms in total. The molecular weight excluding hydrogens is 235 g/mol. The molecule has 1 aromatic heterocycles. The molecule has 5 heteroatoms. The van der Waals surface area contributed by atoms with Gasteiger partial charge in [-0.15, -0.1) is 0 Å². The van der Waals surface area contributed by atoms with Crippen LogP contribution in [0.5, 0.6) is 0 Å². The molecule has 0 aliphatic carbocycles. The van der Waals surface area contributed by atoms with Crippen molar-refractivity contribution in [2.75, 3.05) is 5.32 Å². The fraction of sp³-hybridized carbons (Fsp3) is 0.0769. The summed E-state index contributed by atoms with van der Waals surface area (Å²) >= 11 is 0. The van der Waals surface area contributed by atoms with Gasteiger partial charge in [0.2, 0.25) is 0 Å². The number of Topliss-reactive ketones (excluding diaryl/α,β-unsaturated/α-hetero) is 1. The lowest BCUT2D eigenvalue weighted by Gasteiger charge is -2.03. The molecule has 2 rings (SSSR count). The second kappa shape index (κ2) is 4.83. The van der Waals surface area contributed by atoms with Crippen LogP contribution in [-0.4, -0.2) is 16.7 Å². The summed E-state index contributed by atoms with van der Waals surface area (Å²) in [7, 11) is 0. The van der Waals surface area contributed by atoms with Gasteiger partial charge in [0.05, 0.1) is 5.69 Å². The summed E-state index contributed by atoms with van der Waals surface area (Å²) in [6.45, 7) is 1.41. The minimum Gasteiger partial charge on any atom is -0.348 e. The molecule has 0 unspecified atom stereocenters. The van der Waals surface area contributed by atoms with Crippen LogP contribution in [-0.2, 0) is 0 Å². The van der Waals surface area contributed by atoms with Crippen molar-refractivity contribution in [2.45, 2.75) is 6.92 Å². The molecule has 0 saturated heterocycles. The zero-order valence-electron chi connectivity index (χ0n) is 9.66. The van der Waals surface area contributed by atoms with E-state index in [-0.39, 0.29) is 23.2 Å². The van der Waals surface area contributed by atoms with Crippen molar-refractivity contribution in [1.82, 2.24) is 4.98 Å². The van der Waals surface area contributed by atoms with Crippen LogP contribution in [0.1, 0.15) is 27.9 Å². The maximum absolute atomic E-state index is 12.7. The highest BCUT2D eigenvalue weighted by Crippen LogP contribution is 2.10. The summed E-state index contributed by atoms with van der Waals surface area (Å²) in [4.78, 5) is 25.6. The normalized spacial score (nSPS) is 10.1. The van der Waals surface area contributed by atoms with E-state index in [0.717, 1.165) is 0 Å². The Morgan fingerprint density at radius 2 is 1.67 bits per heavy atom. The van der Waals surface area contributed by atoms with Gasteiger partial charge in [-0.2, -0.15) is 0 Å². The minimum atomic E-state index is -0.380. The SMILES string of the molecule is CC(=O)c1ccc(C(=O)Nc2ccc(F)cc2)[nH]1. The van der Waals surface area contributed by atoms with Gasteiger partial charge in [-0.05, 0) is 36.4 Å². The number of hydrogen-bond donors (Lipinski definition) is 2. The highest BCUT2D eigenvalue weighted by Gasteiger charge is 2.10. The third-order valence-electron chi connectivity index (χ3n) is 2.41. The number of carbonyl (C=O) groups excluding carboxylic acids is 2. The van der Waals surface area contributed by atoms with E-state index in [9.17, 15) is 14.0 Å². The van der Waals surface area contributed by atoms with Crippen molar-refractivity contribution in [3.05, 3.63) is 53.6 Å². The zero-order valence-corrected chi connectivity index (χ0v) is 9.66. The van der Waals surface area contributed by atoms with E-state index in [1.807, 2.05) is 0 Å². The molecule has 0 atom stereocenters. The van der Waals surface area contributed by atoms with Crippen LogP contribution in [0.25, 0.3) is 0 Å². The zero-order chi connectivity index (χ0) is 13.1. The van der Waals surface area contributed by atoms with Crippen molar-refractivity contribution in [3.8, 4) is 0 Å². The third kappa shape index (κ3) is 2.63. The maximum Gasteiger partial charge on any atom is 0.272 e. The van der Waals surface area contributed by atoms with Crippen molar-refractivity contribution >= 4 is 17.4 Å². The summed E-state index contributed by atoms with van der Waals surface area (Å²) in [6.07, 6.45) is 0. The second-order valence-electron chi connectivity index (χ2n) is 3.80. The summed E-state index contributed by atoms with van der Waals surface area (Å²) < 4.78 is 12.7. The number of nitrogens with one attached hydrogen (secondary N) is 2. The number of carbonyl (C=O) groups is 2. The lowest BCUT2D eigenvalue weighted by atomic mass is 10.3. The minimum absolute atomic E-state index is 0.143. The van der Waals surface area contributed by atoms with Crippen LogP contribution in [0.2, 0.25) is 0 Å². The Kier molecular flexibility index (Phi) is 3.23. The number of amides is 1. The number of aromatic amines is 1. The van der Waals surface area contributed by atoms with Gasteiger partial charge in [-0.25, -0.2) is 4.39 Å². The number of hydrogen-bond acceptors (Lipinski definition) is 2. The van der Waals surface area contributed by atoms with E-state index in [1.54, 1.807) is 6.07 Å². The fourth-order valence-electron chi connectivity index (χ4n) is 1.46. The van der Waals surface area contributed by atoms with Gasteiger partial charge >= 0.3 is 0 Å². The third-order valence-corrected chi connectivity index (χ3v) is 2.41. The number of ketones is 1. The molecule has 1 amide bonds. The molecule has 0 fully saturated rings. The van der Waals surface area contributed by atoms with E-state index < -0.39 is 0 Å². The first-order valence-electron chi connectivity index (χ1n) is 5.33. The van der Waals surface area contributed by atoms with E-state index >= 15 is 0 Å². The Labute approximate surface area is 103 Å². The smallest absolute Gasteiger partial charge is 0.272 e. The molecule has 0 bridgehead atoms. The first-order chi connectivity index (χ1) is 8.56. The predicted molar refractivity (Wildman–Crippen MR) is 65.2 cm³/mol. The van der Waals surface area contributed by atoms with Gasteiger partial charge in [0.1, 0.15) is 11.5 Å². The number of benzene rings is 1. The van der Waals surface area contributed by atoms with E-state index in [4.69, 9.17) is 0 Å². The largest absolute Gasteiger partial charge is 0.348 e. The van der Waals surface area contributed by atoms with Gasteiger partial charge in [0, 0.05) is 12.6 Å². The molecule has 2 N–H and O–H groups in total. The summed E-state index contributed by atoms with van der Waals surface area (Å²) in [5, 5.41) is 2.59. The molecular formula is C13H11FN2O2. The second-order valence-corrected chi connectivity index (χ2v) is 3.80. The Hall–Kier alpha value is -2.43. The number of rotatable bonds is 3. The van der Waals surface area contributed by atoms with Crippen molar-refractivity contribution in [1.29, 1.82) is 0 Å². The van der Waals surface area contributed by atoms with Gasteiger partial charge in [0.15, 0.2) is 5.78 Å². The number of halogens is 1. The summed E-state index contributed by atoms with van der Waals surface area (Å²) in [5.41, 5.74) is 1.14. The first kappa shape index (κ1) is 12.0. The van der Waals surface area contributed by atoms with Crippen LogP contribution >= 0.6 is 0 Å². The topological polar surface area (TPSA) is 62.0 Å². The van der Waals surface area contributed by atoms with Crippen LogP contribution in [0.4, 0.5) is 10.1 Å². The Morgan fingerprint density at radius 3 is 2.22 bits per heavy atom. The van der Waals surface area contributed by atoms with Gasteiger partial charge < -0.3 is 10.3 Å². The van der Waals surface area contributed by atoms with Crippen LogP contribution < -0.4 is 5.32 Å². The molecule has 1 aromatic carbocycles. The number of anilines is 1. The molecule has 0 aliphatic rings. The Balaban J connectivity index is 2.11.